The van der Waals surface area contributed by atoms with Crippen molar-refractivity contribution in [2.75, 3.05) is 11.5 Å². The molecule has 2 fully saturated rings. The number of aliphatic hydroxyl groups is 1. The van der Waals surface area contributed by atoms with Crippen molar-refractivity contribution in [3.05, 3.63) is 0 Å². The summed E-state index contributed by atoms with van der Waals surface area (Å²) >= 11 is 2.05. The maximum atomic E-state index is 10.0. The van der Waals surface area contributed by atoms with Crippen LogP contribution in [0.25, 0.3) is 0 Å². The van der Waals surface area contributed by atoms with Crippen LogP contribution in [0.4, 0.5) is 0 Å². The lowest BCUT2D eigenvalue weighted by atomic mass is 10.0. The molecular weight excluding hydrogens is 206 g/mol. The van der Waals surface area contributed by atoms with E-state index in [0.717, 1.165) is 6.42 Å². The van der Waals surface area contributed by atoms with Gasteiger partial charge >= 0.3 is 0 Å². The Bertz CT molecular complexity index is 182. The van der Waals surface area contributed by atoms with Crippen LogP contribution in [0.3, 0.4) is 0 Å². The van der Waals surface area contributed by atoms with E-state index >= 15 is 0 Å². The van der Waals surface area contributed by atoms with E-state index in [1.54, 1.807) is 0 Å². The molecule has 88 valence electrons. The lowest BCUT2D eigenvalue weighted by Crippen LogP contribution is -2.46. The highest BCUT2D eigenvalue weighted by molar-refractivity contribution is 7.99. The van der Waals surface area contributed by atoms with E-state index in [-0.39, 0.29) is 6.10 Å². The first-order valence-electron chi connectivity index (χ1n) is 6.38. The molecule has 3 unspecified atom stereocenters. The Hall–Kier alpha value is 0.270. The molecule has 2 N–H and O–H groups in total. The van der Waals surface area contributed by atoms with Gasteiger partial charge in [-0.15, -0.1) is 0 Å². The standard InChI is InChI=1S/C12H23NOS/c14-12-7-3-1-2-6-11(12)13-10-5-4-8-15-9-10/h10-14H,1-9H2. The third-order valence-electron chi connectivity index (χ3n) is 3.59. The summed E-state index contributed by atoms with van der Waals surface area (Å²) < 4.78 is 0. The SMILES string of the molecule is OC1CCCCCC1NC1CCCSC1. The van der Waals surface area contributed by atoms with Crippen molar-refractivity contribution in [2.24, 2.45) is 0 Å². The number of rotatable bonds is 2. The van der Waals surface area contributed by atoms with Gasteiger partial charge < -0.3 is 10.4 Å². The molecule has 0 aromatic heterocycles. The summed E-state index contributed by atoms with van der Waals surface area (Å²) in [6, 6.07) is 1.03. The number of hydrogen-bond donors (Lipinski definition) is 2. The van der Waals surface area contributed by atoms with Crippen LogP contribution in [-0.2, 0) is 0 Å². The average molecular weight is 229 g/mol. The minimum absolute atomic E-state index is 0.0978. The molecule has 3 atom stereocenters. The van der Waals surface area contributed by atoms with Crippen molar-refractivity contribution < 1.29 is 5.11 Å². The quantitative estimate of drug-likeness (QED) is 0.712. The highest BCUT2D eigenvalue weighted by Gasteiger charge is 2.24. The van der Waals surface area contributed by atoms with Crippen LogP contribution in [0.15, 0.2) is 0 Å². The summed E-state index contributed by atoms with van der Waals surface area (Å²) in [5.74, 6) is 2.56. The van der Waals surface area contributed by atoms with E-state index in [0.29, 0.717) is 12.1 Å². The molecule has 1 aliphatic heterocycles. The number of aliphatic hydroxyl groups excluding tert-OH is 1. The lowest BCUT2D eigenvalue weighted by molar-refractivity contribution is 0.114. The summed E-state index contributed by atoms with van der Waals surface area (Å²) in [5.41, 5.74) is 0. The molecular formula is C12H23NOS. The van der Waals surface area contributed by atoms with Crippen LogP contribution in [0.5, 0.6) is 0 Å². The van der Waals surface area contributed by atoms with Crippen LogP contribution in [0, 0.1) is 0 Å². The van der Waals surface area contributed by atoms with E-state index in [4.69, 9.17) is 0 Å². The molecule has 0 bridgehead atoms. The van der Waals surface area contributed by atoms with E-state index in [1.165, 1.54) is 50.0 Å². The van der Waals surface area contributed by atoms with Crippen LogP contribution in [-0.4, -0.2) is 34.8 Å². The second-order valence-corrected chi connectivity index (χ2v) is 6.04. The predicted octanol–water partition coefficient (Wildman–Crippen LogP) is 2.17. The summed E-state index contributed by atoms with van der Waals surface area (Å²) in [6.07, 6.45) is 8.50. The van der Waals surface area contributed by atoms with Gasteiger partial charge in [-0.05, 0) is 31.4 Å². The Morgan fingerprint density at radius 2 is 1.87 bits per heavy atom. The van der Waals surface area contributed by atoms with Gasteiger partial charge in [-0.3, -0.25) is 0 Å². The molecule has 1 heterocycles. The van der Waals surface area contributed by atoms with Crippen molar-refractivity contribution in [1.29, 1.82) is 0 Å². The van der Waals surface area contributed by atoms with Crippen molar-refractivity contribution >= 4 is 11.8 Å². The maximum absolute atomic E-state index is 10.0. The largest absolute Gasteiger partial charge is 0.392 e. The maximum Gasteiger partial charge on any atom is 0.0693 e. The zero-order valence-electron chi connectivity index (χ0n) is 9.45. The highest BCUT2D eigenvalue weighted by atomic mass is 32.2. The van der Waals surface area contributed by atoms with Crippen molar-refractivity contribution in [1.82, 2.24) is 5.32 Å². The van der Waals surface area contributed by atoms with Crippen LogP contribution in [0.1, 0.15) is 44.9 Å². The third kappa shape index (κ3) is 3.65. The zero-order valence-corrected chi connectivity index (χ0v) is 10.3. The summed E-state index contributed by atoms with van der Waals surface area (Å²) in [6.45, 7) is 0. The molecule has 0 amide bonds. The molecule has 1 saturated carbocycles. The Morgan fingerprint density at radius 1 is 1.00 bits per heavy atom. The Labute approximate surface area is 97.2 Å². The van der Waals surface area contributed by atoms with Gasteiger partial charge in [0.25, 0.3) is 0 Å². The van der Waals surface area contributed by atoms with Gasteiger partial charge in [0.05, 0.1) is 6.10 Å². The average Bonchev–Trinajstić information content (AvgIpc) is 2.46. The zero-order chi connectivity index (χ0) is 10.5. The monoisotopic (exact) mass is 229 g/mol. The fourth-order valence-corrected chi connectivity index (χ4v) is 3.74. The first-order valence-corrected chi connectivity index (χ1v) is 7.53. The Kier molecular flexibility index (Phi) is 4.79. The molecule has 0 spiro atoms. The molecule has 1 aliphatic carbocycles. The van der Waals surface area contributed by atoms with E-state index < -0.39 is 0 Å². The lowest BCUT2D eigenvalue weighted by Gasteiger charge is -2.30. The van der Waals surface area contributed by atoms with Crippen molar-refractivity contribution in [3.63, 3.8) is 0 Å². The fourth-order valence-electron chi connectivity index (χ4n) is 2.66. The van der Waals surface area contributed by atoms with Gasteiger partial charge in [0.15, 0.2) is 0 Å². The molecule has 0 aromatic rings. The molecule has 2 aliphatic rings. The van der Waals surface area contributed by atoms with Crippen molar-refractivity contribution in [2.45, 2.75) is 63.1 Å². The Balaban J connectivity index is 1.79. The molecule has 2 nitrogen and oxygen atoms in total. The molecule has 1 saturated heterocycles. The topological polar surface area (TPSA) is 32.3 Å². The van der Waals surface area contributed by atoms with Gasteiger partial charge in [-0.25, -0.2) is 0 Å². The van der Waals surface area contributed by atoms with Crippen LogP contribution < -0.4 is 5.32 Å². The summed E-state index contributed by atoms with van der Waals surface area (Å²) in [4.78, 5) is 0. The summed E-state index contributed by atoms with van der Waals surface area (Å²) in [5, 5.41) is 13.7. The number of thioether (sulfide) groups is 1. The van der Waals surface area contributed by atoms with Gasteiger partial charge in [0.1, 0.15) is 0 Å². The number of hydrogen-bond acceptors (Lipinski definition) is 3. The van der Waals surface area contributed by atoms with Gasteiger partial charge in [-0.2, -0.15) is 11.8 Å². The fraction of sp³-hybridized carbons (Fsp3) is 1.00. The van der Waals surface area contributed by atoms with E-state index in [9.17, 15) is 5.11 Å². The van der Waals surface area contributed by atoms with Crippen LogP contribution >= 0.6 is 11.8 Å². The molecule has 0 radical (unpaired) electrons. The highest BCUT2D eigenvalue weighted by Crippen LogP contribution is 2.22. The first-order chi connectivity index (χ1) is 7.36. The third-order valence-corrected chi connectivity index (χ3v) is 4.80. The van der Waals surface area contributed by atoms with E-state index in [2.05, 4.69) is 17.1 Å². The van der Waals surface area contributed by atoms with Crippen molar-refractivity contribution in [3.8, 4) is 0 Å². The normalized spacial score (nSPS) is 38.6. The van der Waals surface area contributed by atoms with Gasteiger partial charge in [-0.1, -0.05) is 19.3 Å². The molecule has 3 heteroatoms. The molecule has 15 heavy (non-hydrogen) atoms. The second-order valence-electron chi connectivity index (χ2n) is 4.89. The smallest absolute Gasteiger partial charge is 0.0693 e. The minimum atomic E-state index is -0.0978. The molecule has 2 rings (SSSR count). The first kappa shape index (κ1) is 11.7. The Morgan fingerprint density at radius 3 is 2.67 bits per heavy atom. The summed E-state index contributed by atoms with van der Waals surface area (Å²) in [7, 11) is 0. The van der Waals surface area contributed by atoms with E-state index in [1.807, 2.05) is 0 Å². The number of nitrogens with one attached hydrogen (secondary N) is 1. The molecule has 0 aromatic carbocycles. The predicted molar refractivity (Wildman–Crippen MR) is 66.4 cm³/mol. The van der Waals surface area contributed by atoms with Crippen LogP contribution in [0.2, 0.25) is 0 Å². The minimum Gasteiger partial charge on any atom is -0.392 e. The second kappa shape index (κ2) is 6.12. The van der Waals surface area contributed by atoms with Gasteiger partial charge in [0.2, 0.25) is 0 Å². The van der Waals surface area contributed by atoms with Gasteiger partial charge in [0, 0.05) is 17.8 Å².